The molecule has 0 rings (SSSR count). The minimum absolute atomic E-state index is 0.646. The lowest BCUT2D eigenvalue weighted by Crippen LogP contribution is -2.35. The molecule has 0 saturated heterocycles. The summed E-state index contributed by atoms with van der Waals surface area (Å²) < 4.78 is 0. The summed E-state index contributed by atoms with van der Waals surface area (Å²) in [6, 6.07) is 0.646. The van der Waals surface area contributed by atoms with Gasteiger partial charge in [-0.05, 0) is 31.7 Å². The number of nitrogens with one attached hydrogen (secondary N) is 1. The minimum atomic E-state index is 0.646. The standard InChI is InChI=1S/C11H25N/c1-7-11(10(5)12-6)9(4)8(2)3/h8-12H,7H2,1-6H3/t9-,10-,11?/m1/s1. The molecule has 3 atom stereocenters. The molecule has 1 unspecified atom stereocenters. The largest absolute Gasteiger partial charge is 0.317 e. The second-order valence-electron chi connectivity index (χ2n) is 4.25. The molecule has 0 saturated carbocycles. The zero-order valence-electron chi connectivity index (χ0n) is 9.52. The SMILES string of the molecule is CCC([C@H](C)C(C)C)[C@@H](C)NC. The van der Waals surface area contributed by atoms with Crippen molar-refractivity contribution in [3.8, 4) is 0 Å². The fraction of sp³-hybridized carbons (Fsp3) is 1.00. The van der Waals surface area contributed by atoms with Crippen LogP contribution in [-0.2, 0) is 0 Å². The molecule has 0 fully saturated rings. The highest BCUT2D eigenvalue weighted by atomic mass is 14.9. The van der Waals surface area contributed by atoms with Gasteiger partial charge in [-0.15, -0.1) is 0 Å². The van der Waals surface area contributed by atoms with Gasteiger partial charge in [-0.2, -0.15) is 0 Å². The van der Waals surface area contributed by atoms with E-state index in [1.165, 1.54) is 6.42 Å². The second-order valence-corrected chi connectivity index (χ2v) is 4.25. The molecule has 0 aliphatic heterocycles. The number of rotatable bonds is 5. The van der Waals surface area contributed by atoms with Gasteiger partial charge in [-0.3, -0.25) is 0 Å². The Morgan fingerprint density at radius 2 is 1.58 bits per heavy atom. The molecule has 0 spiro atoms. The molecule has 1 heteroatoms. The van der Waals surface area contributed by atoms with Crippen LogP contribution in [0.5, 0.6) is 0 Å². The fourth-order valence-corrected chi connectivity index (χ4v) is 1.89. The Balaban J connectivity index is 4.13. The van der Waals surface area contributed by atoms with Crippen LogP contribution in [-0.4, -0.2) is 13.1 Å². The van der Waals surface area contributed by atoms with E-state index in [1.807, 2.05) is 0 Å². The minimum Gasteiger partial charge on any atom is -0.317 e. The molecule has 0 aromatic heterocycles. The first-order chi connectivity index (χ1) is 5.54. The van der Waals surface area contributed by atoms with Crippen LogP contribution in [0, 0.1) is 17.8 Å². The van der Waals surface area contributed by atoms with Gasteiger partial charge in [0.15, 0.2) is 0 Å². The summed E-state index contributed by atoms with van der Waals surface area (Å²) in [6.07, 6.45) is 1.28. The Morgan fingerprint density at radius 1 is 1.08 bits per heavy atom. The molecule has 0 aliphatic carbocycles. The molecule has 0 bridgehead atoms. The normalized spacial score (nSPS) is 19.2. The summed E-state index contributed by atoms with van der Waals surface area (Å²) >= 11 is 0. The zero-order valence-corrected chi connectivity index (χ0v) is 9.52. The van der Waals surface area contributed by atoms with Crippen molar-refractivity contribution < 1.29 is 0 Å². The first-order valence-electron chi connectivity index (χ1n) is 5.21. The fourth-order valence-electron chi connectivity index (χ4n) is 1.89. The van der Waals surface area contributed by atoms with E-state index in [9.17, 15) is 0 Å². The van der Waals surface area contributed by atoms with Crippen molar-refractivity contribution >= 4 is 0 Å². The molecule has 0 aliphatic rings. The Kier molecular flexibility index (Phi) is 5.56. The van der Waals surface area contributed by atoms with Crippen molar-refractivity contribution in [3.63, 3.8) is 0 Å². The van der Waals surface area contributed by atoms with E-state index >= 15 is 0 Å². The van der Waals surface area contributed by atoms with Crippen LogP contribution in [0.4, 0.5) is 0 Å². The number of hydrogen-bond donors (Lipinski definition) is 1. The lowest BCUT2D eigenvalue weighted by Gasteiger charge is -2.31. The average Bonchev–Trinajstić information content (AvgIpc) is 2.05. The molecule has 12 heavy (non-hydrogen) atoms. The quantitative estimate of drug-likeness (QED) is 0.670. The summed E-state index contributed by atoms with van der Waals surface area (Å²) in [5.74, 6) is 2.43. The molecule has 0 radical (unpaired) electrons. The molecule has 0 aromatic rings. The Hall–Kier alpha value is -0.0400. The molecular formula is C11H25N. The van der Waals surface area contributed by atoms with Gasteiger partial charge in [0.1, 0.15) is 0 Å². The van der Waals surface area contributed by atoms with Crippen molar-refractivity contribution in [2.75, 3.05) is 7.05 Å². The Labute approximate surface area is 77.9 Å². The van der Waals surface area contributed by atoms with Gasteiger partial charge in [-0.1, -0.05) is 34.1 Å². The summed E-state index contributed by atoms with van der Waals surface area (Å²) in [7, 11) is 2.06. The highest BCUT2D eigenvalue weighted by Crippen LogP contribution is 2.25. The maximum Gasteiger partial charge on any atom is 0.00665 e. The summed E-state index contributed by atoms with van der Waals surface area (Å²) in [5, 5.41) is 3.35. The van der Waals surface area contributed by atoms with Gasteiger partial charge in [0, 0.05) is 6.04 Å². The average molecular weight is 171 g/mol. The van der Waals surface area contributed by atoms with Crippen molar-refractivity contribution in [2.45, 2.75) is 47.1 Å². The van der Waals surface area contributed by atoms with Gasteiger partial charge < -0.3 is 5.32 Å². The monoisotopic (exact) mass is 171 g/mol. The van der Waals surface area contributed by atoms with Crippen molar-refractivity contribution in [2.24, 2.45) is 17.8 Å². The molecule has 0 heterocycles. The topological polar surface area (TPSA) is 12.0 Å². The lowest BCUT2D eigenvalue weighted by atomic mass is 9.79. The molecule has 1 nitrogen and oxygen atoms in total. The molecule has 0 aromatic carbocycles. The van der Waals surface area contributed by atoms with E-state index < -0.39 is 0 Å². The molecule has 1 N–H and O–H groups in total. The predicted molar refractivity (Wildman–Crippen MR) is 56.3 cm³/mol. The van der Waals surface area contributed by atoms with Gasteiger partial charge >= 0.3 is 0 Å². The van der Waals surface area contributed by atoms with Crippen LogP contribution in [0.1, 0.15) is 41.0 Å². The van der Waals surface area contributed by atoms with Crippen molar-refractivity contribution in [3.05, 3.63) is 0 Å². The lowest BCUT2D eigenvalue weighted by molar-refractivity contribution is 0.221. The molecular weight excluding hydrogens is 146 g/mol. The Bertz CT molecular complexity index is 110. The third kappa shape index (κ3) is 3.14. The van der Waals surface area contributed by atoms with Crippen LogP contribution < -0.4 is 5.32 Å². The van der Waals surface area contributed by atoms with Gasteiger partial charge in [-0.25, -0.2) is 0 Å². The smallest absolute Gasteiger partial charge is 0.00665 e. The van der Waals surface area contributed by atoms with Crippen LogP contribution in [0.25, 0.3) is 0 Å². The summed E-state index contributed by atoms with van der Waals surface area (Å²) in [6.45, 7) is 11.6. The first-order valence-corrected chi connectivity index (χ1v) is 5.21. The first kappa shape index (κ1) is 12.0. The van der Waals surface area contributed by atoms with E-state index in [2.05, 4.69) is 47.0 Å². The van der Waals surface area contributed by atoms with E-state index in [-0.39, 0.29) is 0 Å². The zero-order chi connectivity index (χ0) is 9.72. The van der Waals surface area contributed by atoms with E-state index in [0.29, 0.717) is 6.04 Å². The molecule has 0 amide bonds. The third-order valence-electron chi connectivity index (χ3n) is 3.30. The number of hydrogen-bond acceptors (Lipinski definition) is 1. The van der Waals surface area contributed by atoms with Gasteiger partial charge in [0.05, 0.1) is 0 Å². The van der Waals surface area contributed by atoms with Crippen molar-refractivity contribution in [1.82, 2.24) is 5.32 Å². The van der Waals surface area contributed by atoms with E-state index in [0.717, 1.165) is 17.8 Å². The third-order valence-corrected chi connectivity index (χ3v) is 3.30. The maximum absolute atomic E-state index is 3.35. The summed E-state index contributed by atoms with van der Waals surface area (Å²) in [5.41, 5.74) is 0. The molecule has 74 valence electrons. The second kappa shape index (κ2) is 5.58. The van der Waals surface area contributed by atoms with Crippen molar-refractivity contribution in [1.29, 1.82) is 0 Å². The highest BCUT2D eigenvalue weighted by molar-refractivity contribution is 4.76. The Morgan fingerprint density at radius 3 is 1.83 bits per heavy atom. The van der Waals surface area contributed by atoms with Crippen LogP contribution in [0.2, 0.25) is 0 Å². The predicted octanol–water partition coefficient (Wildman–Crippen LogP) is 2.91. The van der Waals surface area contributed by atoms with Crippen LogP contribution in [0.3, 0.4) is 0 Å². The van der Waals surface area contributed by atoms with Crippen LogP contribution >= 0.6 is 0 Å². The van der Waals surface area contributed by atoms with E-state index in [1.54, 1.807) is 0 Å². The highest BCUT2D eigenvalue weighted by Gasteiger charge is 2.22. The van der Waals surface area contributed by atoms with Crippen LogP contribution in [0.15, 0.2) is 0 Å². The van der Waals surface area contributed by atoms with Gasteiger partial charge in [0.2, 0.25) is 0 Å². The maximum atomic E-state index is 3.35. The van der Waals surface area contributed by atoms with Gasteiger partial charge in [0.25, 0.3) is 0 Å². The summed E-state index contributed by atoms with van der Waals surface area (Å²) in [4.78, 5) is 0. The van der Waals surface area contributed by atoms with E-state index in [4.69, 9.17) is 0 Å².